The lowest BCUT2D eigenvalue weighted by molar-refractivity contribution is 0.218. The van der Waals surface area contributed by atoms with Crippen molar-refractivity contribution in [2.45, 2.75) is 58.8 Å². The molecule has 0 aromatic heterocycles. The fourth-order valence-electron chi connectivity index (χ4n) is 1.47. The predicted octanol–water partition coefficient (Wildman–Crippen LogP) is 3.48. The monoisotopic (exact) mass is 257 g/mol. The Kier molecular flexibility index (Phi) is 11.7. The van der Waals surface area contributed by atoms with Gasteiger partial charge in [-0.2, -0.15) is 0 Å². The average molecular weight is 257 g/mol. The minimum atomic E-state index is 0.344. The molecule has 0 amide bonds. The molecule has 1 rings (SSSR count). The Bertz CT molecular complexity index is 247. The molecule has 0 radical (unpaired) electrons. The fourth-order valence-corrected chi connectivity index (χ4v) is 1.47. The Labute approximate surface area is 110 Å². The van der Waals surface area contributed by atoms with E-state index in [1.54, 1.807) is 0 Å². The number of unbranched alkanes of at least 4 members (excludes halogenated alkanes) is 2. The third-order valence-corrected chi connectivity index (χ3v) is 2.62. The number of hydrogen-bond donors (Lipinski definition) is 2. The van der Waals surface area contributed by atoms with Gasteiger partial charge in [-0.3, -0.25) is 0 Å². The zero-order valence-corrected chi connectivity index (χ0v) is 11.7. The summed E-state index contributed by atoms with van der Waals surface area (Å²) in [6, 6.07) is 0. The van der Waals surface area contributed by atoms with Crippen LogP contribution in [0.2, 0.25) is 0 Å². The number of aliphatic hydroxyl groups excluding tert-OH is 1. The van der Waals surface area contributed by atoms with E-state index in [1.165, 1.54) is 0 Å². The SMILES string of the molecule is CCCCO.CCCCOC1=CCCCC1=NO. The maximum absolute atomic E-state index is 8.69. The van der Waals surface area contributed by atoms with Crippen LogP contribution in [0.3, 0.4) is 0 Å². The first-order valence-corrected chi connectivity index (χ1v) is 6.95. The molecule has 106 valence electrons. The van der Waals surface area contributed by atoms with Crippen molar-refractivity contribution in [1.82, 2.24) is 0 Å². The summed E-state index contributed by atoms with van der Waals surface area (Å²) in [7, 11) is 0. The molecule has 0 atom stereocenters. The molecule has 0 heterocycles. The molecule has 4 nitrogen and oxygen atoms in total. The average Bonchev–Trinajstić information content (AvgIpc) is 2.41. The number of allylic oxidation sites excluding steroid dienone is 2. The number of rotatable bonds is 6. The second kappa shape index (κ2) is 12.4. The number of ether oxygens (including phenoxy) is 1. The van der Waals surface area contributed by atoms with Crippen LogP contribution in [0, 0.1) is 0 Å². The molecule has 1 aliphatic carbocycles. The molecule has 0 spiro atoms. The van der Waals surface area contributed by atoms with E-state index in [9.17, 15) is 0 Å². The van der Waals surface area contributed by atoms with Crippen molar-refractivity contribution in [2.75, 3.05) is 13.2 Å². The fraction of sp³-hybridized carbons (Fsp3) is 0.786. The van der Waals surface area contributed by atoms with Crippen molar-refractivity contribution in [3.05, 3.63) is 11.8 Å². The standard InChI is InChI=1S/C10H17NO2.C4H10O/c1-2-3-8-13-10-7-5-4-6-9(10)11-12;1-2-3-4-5/h7,12H,2-6,8H2,1H3;5H,2-4H2,1H3. The Morgan fingerprint density at radius 2 is 2.00 bits per heavy atom. The highest BCUT2D eigenvalue weighted by Gasteiger charge is 2.13. The van der Waals surface area contributed by atoms with Gasteiger partial charge in [0.05, 0.1) is 6.61 Å². The largest absolute Gasteiger partial charge is 0.492 e. The highest BCUT2D eigenvalue weighted by Crippen LogP contribution is 2.16. The van der Waals surface area contributed by atoms with Gasteiger partial charge in [-0.25, -0.2) is 0 Å². The number of hydrogen-bond acceptors (Lipinski definition) is 4. The first-order valence-electron chi connectivity index (χ1n) is 6.95. The summed E-state index contributed by atoms with van der Waals surface area (Å²) < 4.78 is 5.50. The van der Waals surface area contributed by atoms with E-state index in [0.717, 1.165) is 57.3 Å². The molecule has 0 aromatic carbocycles. The van der Waals surface area contributed by atoms with Crippen molar-refractivity contribution in [1.29, 1.82) is 0 Å². The second-order valence-electron chi connectivity index (χ2n) is 4.29. The number of nitrogens with zero attached hydrogens (tertiary/aromatic N) is 1. The summed E-state index contributed by atoms with van der Waals surface area (Å²) in [6.45, 7) is 5.24. The van der Waals surface area contributed by atoms with Crippen LogP contribution in [-0.2, 0) is 4.74 Å². The van der Waals surface area contributed by atoms with Gasteiger partial charge in [0.2, 0.25) is 0 Å². The van der Waals surface area contributed by atoms with Gasteiger partial charge >= 0.3 is 0 Å². The van der Waals surface area contributed by atoms with Gasteiger partial charge in [0.1, 0.15) is 11.5 Å². The van der Waals surface area contributed by atoms with E-state index in [4.69, 9.17) is 15.1 Å². The Morgan fingerprint density at radius 3 is 2.50 bits per heavy atom. The normalized spacial score (nSPS) is 16.8. The lowest BCUT2D eigenvalue weighted by Crippen LogP contribution is -2.11. The summed E-state index contributed by atoms with van der Waals surface area (Å²) in [5.74, 6) is 0.780. The van der Waals surface area contributed by atoms with Crippen molar-refractivity contribution >= 4 is 5.71 Å². The smallest absolute Gasteiger partial charge is 0.140 e. The number of oxime groups is 1. The molecule has 18 heavy (non-hydrogen) atoms. The molecule has 1 aliphatic rings. The summed E-state index contributed by atoms with van der Waals surface area (Å²) in [6.07, 6.45) is 9.13. The summed E-state index contributed by atoms with van der Waals surface area (Å²) in [5, 5.41) is 20.0. The molecule has 4 heteroatoms. The van der Waals surface area contributed by atoms with Gasteiger partial charge in [0.15, 0.2) is 0 Å². The molecule has 2 N–H and O–H groups in total. The first kappa shape index (κ1) is 17.0. The van der Waals surface area contributed by atoms with Crippen LogP contribution in [0.5, 0.6) is 0 Å². The molecule has 0 saturated heterocycles. The van der Waals surface area contributed by atoms with Crippen LogP contribution in [-0.4, -0.2) is 29.2 Å². The lowest BCUT2D eigenvalue weighted by Gasteiger charge is -2.14. The molecule has 0 aliphatic heterocycles. The molecular weight excluding hydrogens is 230 g/mol. The van der Waals surface area contributed by atoms with E-state index in [2.05, 4.69) is 19.0 Å². The topological polar surface area (TPSA) is 62.0 Å². The van der Waals surface area contributed by atoms with E-state index in [0.29, 0.717) is 12.3 Å². The van der Waals surface area contributed by atoms with Crippen LogP contribution >= 0.6 is 0 Å². The van der Waals surface area contributed by atoms with Crippen LogP contribution < -0.4 is 0 Å². The van der Waals surface area contributed by atoms with E-state index in [-0.39, 0.29) is 0 Å². The van der Waals surface area contributed by atoms with Crippen molar-refractivity contribution in [2.24, 2.45) is 5.16 Å². The van der Waals surface area contributed by atoms with Crippen molar-refractivity contribution in [3.63, 3.8) is 0 Å². The Balaban J connectivity index is 0.000000494. The van der Waals surface area contributed by atoms with Crippen molar-refractivity contribution in [3.8, 4) is 0 Å². The third kappa shape index (κ3) is 8.12. The summed E-state index contributed by atoms with van der Waals surface area (Å²) in [5.41, 5.74) is 0.697. The molecule has 0 saturated carbocycles. The molecule has 0 bridgehead atoms. The van der Waals surface area contributed by atoms with Crippen LogP contribution in [0.4, 0.5) is 0 Å². The quantitative estimate of drug-likeness (QED) is 0.435. The van der Waals surface area contributed by atoms with Crippen LogP contribution in [0.25, 0.3) is 0 Å². The Morgan fingerprint density at radius 1 is 1.28 bits per heavy atom. The van der Waals surface area contributed by atoms with E-state index < -0.39 is 0 Å². The van der Waals surface area contributed by atoms with Gasteiger partial charge in [0.25, 0.3) is 0 Å². The summed E-state index contributed by atoms with van der Waals surface area (Å²) in [4.78, 5) is 0. The molecular formula is C14H27NO3. The minimum absolute atomic E-state index is 0.344. The summed E-state index contributed by atoms with van der Waals surface area (Å²) >= 11 is 0. The van der Waals surface area contributed by atoms with Gasteiger partial charge in [-0.1, -0.05) is 31.8 Å². The Hall–Kier alpha value is -1.03. The number of aliphatic hydroxyl groups is 1. The third-order valence-electron chi connectivity index (χ3n) is 2.62. The second-order valence-corrected chi connectivity index (χ2v) is 4.29. The molecule has 0 fully saturated rings. The van der Waals surface area contributed by atoms with Gasteiger partial charge in [-0.15, -0.1) is 0 Å². The zero-order valence-electron chi connectivity index (χ0n) is 11.7. The van der Waals surface area contributed by atoms with Crippen molar-refractivity contribution < 1.29 is 15.1 Å². The maximum Gasteiger partial charge on any atom is 0.140 e. The molecule has 0 aromatic rings. The maximum atomic E-state index is 8.69. The van der Waals surface area contributed by atoms with Gasteiger partial charge in [0, 0.05) is 6.61 Å². The lowest BCUT2D eigenvalue weighted by atomic mass is 10.0. The van der Waals surface area contributed by atoms with Crippen LogP contribution in [0.1, 0.15) is 58.8 Å². The van der Waals surface area contributed by atoms with Gasteiger partial charge in [-0.05, 0) is 38.2 Å². The zero-order chi connectivity index (χ0) is 13.6. The molecule has 0 unspecified atom stereocenters. The minimum Gasteiger partial charge on any atom is -0.492 e. The van der Waals surface area contributed by atoms with E-state index >= 15 is 0 Å². The highest BCUT2D eigenvalue weighted by molar-refractivity contribution is 5.98. The first-order chi connectivity index (χ1) is 8.79. The van der Waals surface area contributed by atoms with Gasteiger partial charge < -0.3 is 15.1 Å². The predicted molar refractivity (Wildman–Crippen MR) is 74.0 cm³/mol. The van der Waals surface area contributed by atoms with Crippen LogP contribution in [0.15, 0.2) is 17.0 Å². The highest BCUT2D eigenvalue weighted by atomic mass is 16.5. The van der Waals surface area contributed by atoms with E-state index in [1.807, 2.05) is 6.08 Å².